The van der Waals surface area contributed by atoms with Crippen molar-refractivity contribution in [2.24, 2.45) is 0 Å². The quantitative estimate of drug-likeness (QED) is 0.485. The molecule has 0 heterocycles. The van der Waals surface area contributed by atoms with E-state index >= 15 is 0 Å². The van der Waals surface area contributed by atoms with Crippen molar-refractivity contribution in [2.75, 3.05) is 0 Å². The van der Waals surface area contributed by atoms with Crippen LogP contribution >= 0.6 is 0 Å². The first-order valence-electron chi connectivity index (χ1n) is 5.63. The van der Waals surface area contributed by atoms with Gasteiger partial charge in [-0.1, -0.05) is 25.5 Å². The molecule has 3 heteroatoms. The molecule has 1 unspecified atom stereocenters. The summed E-state index contributed by atoms with van der Waals surface area (Å²) in [6, 6.07) is 0. The van der Waals surface area contributed by atoms with Crippen molar-refractivity contribution in [1.29, 1.82) is 0 Å². The van der Waals surface area contributed by atoms with Crippen LogP contribution in [0.2, 0.25) is 0 Å². The maximum atomic E-state index is 11.7. The van der Waals surface area contributed by atoms with E-state index in [1.807, 2.05) is 13.8 Å². The highest BCUT2D eigenvalue weighted by Crippen LogP contribution is 2.19. The molecule has 0 amide bonds. The molecule has 0 radical (unpaired) electrons. The number of allylic oxidation sites excluding steroid dienone is 2. The van der Waals surface area contributed by atoms with Crippen LogP contribution in [0.4, 0.5) is 8.78 Å². The maximum absolute atomic E-state index is 11.7. The van der Waals surface area contributed by atoms with Crippen LogP contribution in [0, 0.1) is 0 Å². The average molecular weight is 220 g/mol. The first-order valence-corrected chi connectivity index (χ1v) is 5.63. The molecule has 0 aromatic rings. The molecule has 1 nitrogen and oxygen atoms in total. The highest BCUT2D eigenvalue weighted by molar-refractivity contribution is 4.83. The summed E-state index contributed by atoms with van der Waals surface area (Å²) >= 11 is 0. The van der Waals surface area contributed by atoms with Crippen LogP contribution in [0.1, 0.15) is 52.4 Å². The van der Waals surface area contributed by atoms with Gasteiger partial charge < -0.3 is 5.11 Å². The van der Waals surface area contributed by atoms with Gasteiger partial charge in [0.25, 0.3) is 0 Å². The molecular formula is C12H22F2O. The van der Waals surface area contributed by atoms with Gasteiger partial charge in [-0.15, -0.1) is 0 Å². The second-order valence-corrected chi connectivity index (χ2v) is 4.24. The van der Waals surface area contributed by atoms with Crippen molar-refractivity contribution in [2.45, 2.75) is 64.4 Å². The molecule has 0 rings (SSSR count). The van der Waals surface area contributed by atoms with E-state index < -0.39 is 12.0 Å². The lowest BCUT2D eigenvalue weighted by Crippen LogP contribution is -2.23. The highest BCUT2D eigenvalue weighted by Gasteiger charge is 2.17. The molecular weight excluding hydrogens is 198 g/mol. The molecule has 15 heavy (non-hydrogen) atoms. The standard InChI is InChI=1S/C12H22F2O/c1-3-9-12(2,15)10-7-5-4-6-8-11(13)14/h4,6,11,15H,3,5,7-10H2,1-2H3/b6-4+. The third kappa shape index (κ3) is 9.85. The number of unbranched alkanes of at least 4 members (excludes halogenated alkanes) is 1. The minimum absolute atomic E-state index is 0.161. The van der Waals surface area contributed by atoms with Crippen LogP contribution in [-0.2, 0) is 0 Å². The van der Waals surface area contributed by atoms with Gasteiger partial charge in [-0.05, 0) is 32.6 Å². The molecule has 0 aromatic heterocycles. The Hall–Kier alpha value is -0.440. The first kappa shape index (κ1) is 14.6. The van der Waals surface area contributed by atoms with Crippen molar-refractivity contribution >= 4 is 0 Å². The zero-order valence-electron chi connectivity index (χ0n) is 9.68. The summed E-state index contributed by atoms with van der Waals surface area (Å²) in [6.07, 6.45) is 5.00. The maximum Gasteiger partial charge on any atom is 0.242 e. The normalized spacial score (nSPS) is 16.1. The Kier molecular flexibility index (Phi) is 7.57. The Labute approximate surface area is 91.2 Å². The van der Waals surface area contributed by atoms with E-state index in [1.54, 1.807) is 6.08 Å². The van der Waals surface area contributed by atoms with Crippen LogP contribution in [0.3, 0.4) is 0 Å². The van der Waals surface area contributed by atoms with E-state index in [4.69, 9.17) is 0 Å². The zero-order chi connectivity index (χ0) is 11.7. The smallest absolute Gasteiger partial charge is 0.242 e. The van der Waals surface area contributed by atoms with Gasteiger partial charge >= 0.3 is 0 Å². The van der Waals surface area contributed by atoms with Gasteiger partial charge in [0.1, 0.15) is 0 Å². The van der Waals surface area contributed by atoms with E-state index in [0.717, 1.165) is 32.1 Å². The van der Waals surface area contributed by atoms with Crippen LogP contribution < -0.4 is 0 Å². The second kappa shape index (κ2) is 7.80. The van der Waals surface area contributed by atoms with Crippen LogP contribution in [-0.4, -0.2) is 17.1 Å². The first-order chi connectivity index (χ1) is 6.98. The molecule has 0 fully saturated rings. The number of hydrogen-bond donors (Lipinski definition) is 1. The van der Waals surface area contributed by atoms with E-state index in [2.05, 4.69) is 0 Å². The number of rotatable bonds is 8. The van der Waals surface area contributed by atoms with Gasteiger partial charge in [-0.3, -0.25) is 0 Å². The summed E-state index contributed by atoms with van der Waals surface area (Å²) in [5.74, 6) is 0. The van der Waals surface area contributed by atoms with E-state index in [-0.39, 0.29) is 6.42 Å². The molecule has 0 aliphatic heterocycles. The van der Waals surface area contributed by atoms with Crippen molar-refractivity contribution in [3.05, 3.63) is 12.2 Å². The minimum Gasteiger partial charge on any atom is -0.390 e. The monoisotopic (exact) mass is 220 g/mol. The van der Waals surface area contributed by atoms with E-state index in [9.17, 15) is 13.9 Å². The fraction of sp³-hybridized carbons (Fsp3) is 0.833. The Morgan fingerprint density at radius 2 is 1.93 bits per heavy atom. The summed E-state index contributed by atoms with van der Waals surface area (Å²) in [5.41, 5.74) is -0.592. The molecule has 0 aliphatic rings. The Morgan fingerprint density at radius 1 is 1.27 bits per heavy atom. The number of alkyl halides is 2. The number of halogens is 2. The second-order valence-electron chi connectivity index (χ2n) is 4.24. The highest BCUT2D eigenvalue weighted by atomic mass is 19.3. The molecule has 90 valence electrons. The Morgan fingerprint density at radius 3 is 2.47 bits per heavy atom. The fourth-order valence-corrected chi connectivity index (χ4v) is 1.58. The van der Waals surface area contributed by atoms with Gasteiger partial charge in [0.15, 0.2) is 0 Å². The van der Waals surface area contributed by atoms with Crippen LogP contribution in [0.5, 0.6) is 0 Å². The summed E-state index contributed by atoms with van der Waals surface area (Å²) in [7, 11) is 0. The molecule has 0 saturated heterocycles. The van der Waals surface area contributed by atoms with E-state index in [1.165, 1.54) is 6.08 Å². The van der Waals surface area contributed by atoms with Crippen molar-refractivity contribution in [1.82, 2.24) is 0 Å². The van der Waals surface area contributed by atoms with Gasteiger partial charge in [-0.25, -0.2) is 8.78 Å². The van der Waals surface area contributed by atoms with Gasteiger partial charge in [0.05, 0.1) is 5.60 Å². The van der Waals surface area contributed by atoms with Crippen LogP contribution in [0.25, 0.3) is 0 Å². The van der Waals surface area contributed by atoms with Gasteiger partial charge in [0, 0.05) is 6.42 Å². The largest absolute Gasteiger partial charge is 0.390 e. The summed E-state index contributed by atoms with van der Waals surface area (Å²) in [6.45, 7) is 3.87. The Bertz CT molecular complexity index is 176. The minimum atomic E-state index is -2.25. The molecule has 0 aromatic carbocycles. The lowest BCUT2D eigenvalue weighted by Gasteiger charge is -2.21. The zero-order valence-corrected chi connectivity index (χ0v) is 9.68. The fourth-order valence-electron chi connectivity index (χ4n) is 1.58. The Balaban J connectivity index is 3.49. The molecule has 1 N–H and O–H groups in total. The van der Waals surface area contributed by atoms with Crippen molar-refractivity contribution in [3.8, 4) is 0 Å². The molecule has 1 atom stereocenters. The van der Waals surface area contributed by atoms with Gasteiger partial charge in [-0.2, -0.15) is 0 Å². The topological polar surface area (TPSA) is 20.2 Å². The summed E-state index contributed by atoms with van der Waals surface area (Å²) < 4.78 is 23.5. The van der Waals surface area contributed by atoms with E-state index in [0.29, 0.717) is 0 Å². The SMILES string of the molecule is CCCC(C)(O)CCC/C=C/CC(F)F. The third-order valence-electron chi connectivity index (χ3n) is 2.36. The molecule has 0 saturated carbocycles. The lowest BCUT2D eigenvalue weighted by atomic mass is 9.94. The predicted molar refractivity (Wildman–Crippen MR) is 59.1 cm³/mol. The lowest BCUT2D eigenvalue weighted by molar-refractivity contribution is 0.0395. The summed E-state index contributed by atoms with van der Waals surface area (Å²) in [5, 5.41) is 9.82. The van der Waals surface area contributed by atoms with Crippen LogP contribution in [0.15, 0.2) is 12.2 Å². The number of hydrogen-bond acceptors (Lipinski definition) is 1. The number of aliphatic hydroxyl groups is 1. The molecule has 0 spiro atoms. The average Bonchev–Trinajstić information content (AvgIpc) is 2.10. The molecule has 0 bridgehead atoms. The molecule has 0 aliphatic carbocycles. The van der Waals surface area contributed by atoms with Gasteiger partial charge in [0.2, 0.25) is 6.43 Å². The predicted octanol–water partition coefficient (Wildman–Crippen LogP) is 3.92. The van der Waals surface area contributed by atoms with Crippen molar-refractivity contribution in [3.63, 3.8) is 0 Å². The third-order valence-corrected chi connectivity index (χ3v) is 2.36. The van der Waals surface area contributed by atoms with Crippen molar-refractivity contribution < 1.29 is 13.9 Å². The summed E-state index contributed by atoms with van der Waals surface area (Å²) in [4.78, 5) is 0.